The summed E-state index contributed by atoms with van der Waals surface area (Å²) in [5, 5.41) is 2.87. The molecule has 1 N–H and O–H groups in total. The van der Waals surface area contributed by atoms with Crippen LogP contribution in [0, 0.1) is 0 Å². The Morgan fingerprint density at radius 2 is 1.44 bits per heavy atom. The largest absolute Gasteiger partial charge is 0.477 e. The van der Waals surface area contributed by atoms with Crippen molar-refractivity contribution in [3.63, 3.8) is 0 Å². The molecule has 0 aliphatic rings. The molecule has 3 aromatic rings. The molecule has 2 heterocycles. The maximum absolute atomic E-state index is 12.9. The lowest BCUT2D eigenvalue weighted by Gasteiger charge is -2.19. The minimum absolute atomic E-state index is 0.220. The second-order valence-corrected chi connectivity index (χ2v) is 6.79. The lowest BCUT2D eigenvalue weighted by molar-refractivity contribution is 0.0945. The zero-order valence-corrected chi connectivity index (χ0v) is 18.4. The van der Waals surface area contributed by atoms with Crippen LogP contribution in [0.1, 0.15) is 40.1 Å². The second kappa shape index (κ2) is 10.9. The SMILES string of the molecule is CCOc1ncccc1C(=O)NCc1ccc(N(C)C(=O)c2cccnc2OCC)cc1. The molecule has 166 valence electrons. The first-order valence-corrected chi connectivity index (χ1v) is 10.4. The van der Waals surface area contributed by atoms with Gasteiger partial charge in [-0.1, -0.05) is 12.1 Å². The smallest absolute Gasteiger partial charge is 0.263 e. The van der Waals surface area contributed by atoms with Crippen molar-refractivity contribution >= 4 is 17.5 Å². The number of carbonyl (C=O) groups excluding carboxylic acids is 2. The van der Waals surface area contributed by atoms with E-state index >= 15 is 0 Å². The minimum atomic E-state index is -0.266. The molecule has 3 rings (SSSR count). The fraction of sp³-hybridized carbons (Fsp3) is 0.250. The number of aromatic nitrogens is 2. The van der Waals surface area contributed by atoms with Gasteiger partial charge in [0.15, 0.2) is 0 Å². The summed E-state index contributed by atoms with van der Waals surface area (Å²) in [6.45, 7) is 4.86. The number of pyridine rings is 2. The van der Waals surface area contributed by atoms with E-state index in [0.29, 0.717) is 48.3 Å². The van der Waals surface area contributed by atoms with Gasteiger partial charge in [-0.05, 0) is 55.8 Å². The van der Waals surface area contributed by atoms with Gasteiger partial charge in [0.1, 0.15) is 11.1 Å². The normalized spacial score (nSPS) is 10.3. The zero-order chi connectivity index (χ0) is 22.9. The third kappa shape index (κ3) is 5.40. The Morgan fingerprint density at radius 1 is 0.875 bits per heavy atom. The van der Waals surface area contributed by atoms with Gasteiger partial charge in [0.2, 0.25) is 11.8 Å². The van der Waals surface area contributed by atoms with E-state index in [1.807, 2.05) is 38.1 Å². The van der Waals surface area contributed by atoms with Gasteiger partial charge >= 0.3 is 0 Å². The molecule has 0 saturated carbocycles. The van der Waals surface area contributed by atoms with Gasteiger partial charge in [0.25, 0.3) is 11.8 Å². The molecule has 0 radical (unpaired) electrons. The van der Waals surface area contributed by atoms with Crippen LogP contribution in [0.2, 0.25) is 0 Å². The summed E-state index contributed by atoms with van der Waals surface area (Å²) in [5.74, 6) is 0.137. The highest BCUT2D eigenvalue weighted by molar-refractivity contribution is 6.07. The average Bonchev–Trinajstić information content (AvgIpc) is 2.83. The van der Waals surface area contributed by atoms with E-state index < -0.39 is 0 Å². The van der Waals surface area contributed by atoms with Crippen LogP contribution >= 0.6 is 0 Å². The van der Waals surface area contributed by atoms with Crippen LogP contribution < -0.4 is 19.7 Å². The molecule has 0 spiro atoms. The van der Waals surface area contributed by atoms with Crippen molar-refractivity contribution in [1.82, 2.24) is 15.3 Å². The highest BCUT2D eigenvalue weighted by Crippen LogP contribution is 2.21. The summed E-state index contributed by atoms with van der Waals surface area (Å²) in [5.41, 5.74) is 2.39. The van der Waals surface area contributed by atoms with Crippen LogP contribution in [0.15, 0.2) is 60.9 Å². The number of nitrogens with zero attached hydrogens (tertiary/aromatic N) is 3. The first kappa shape index (κ1) is 22.7. The number of rotatable bonds is 9. The zero-order valence-electron chi connectivity index (χ0n) is 18.4. The lowest BCUT2D eigenvalue weighted by Crippen LogP contribution is -2.27. The molecule has 0 fully saturated rings. The number of amides is 2. The van der Waals surface area contributed by atoms with Crippen LogP contribution in [0.25, 0.3) is 0 Å². The molecule has 0 saturated heterocycles. The Bertz CT molecular complexity index is 1070. The molecule has 32 heavy (non-hydrogen) atoms. The molecule has 8 heteroatoms. The van der Waals surface area contributed by atoms with Gasteiger partial charge in [-0.25, -0.2) is 9.97 Å². The second-order valence-electron chi connectivity index (χ2n) is 6.79. The van der Waals surface area contributed by atoms with Crippen molar-refractivity contribution in [2.24, 2.45) is 0 Å². The monoisotopic (exact) mass is 434 g/mol. The molecule has 2 amide bonds. The fourth-order valence-corrected chi connectivity index (χ4v) is 3.03. The number of carbonyl (C=O) groups is 2. The van der Waals surface area contributed by atoms with E-state index in [-0.39, 0.29) is 11.8 Å². The third-order valence-electron chi connectivity index (χ3n) is 4.66. The molecule has 2 aromatic heterocycles. The van der Waals surface area contributed by atoms with E-state index in [9.17, 15) is 9.59 Å². The molecule has 0 bridgehead atoms. The van der Waals surface area contributed by atoms with Crippen molar-refractivity contribution in [3.05, 3.63) is 77.6 Å². The Kier molecular flexibility index (Phi) is 7.75. The molecular weight excluding hydrogens is 408 g/mol. The highest BCUT2D eigenvalue weighted by Gasteiger charge is 2.19. The van der Waals surface area contributed by atoms with Crippen molar-refractivity contribution in [2.75, 3.05) is 25.2 Å². The van der Waals surface area contributed by atoms with Crippen LogP contribution in [0.5, 0.6) is 11.8 Å². The number of hydrogen-bond acceptors (Lipinski definition) is 6. The Labute approximate surface area is 187 Å². The molecule has 0 unspecified atom stereocenters. The van der Waals surface area contributed by atoms with Crippen molar-refractivity contribution < 1.29 is 19.1 Å². The molecule has 0 aliphatic heterocycles. The van der Waals surface area contributed by atoms with E-state index in [1.165, 1.54) is 4.90 Å². The van der Waals surface area contributed by atoms with Crippen LogP contribution in [0.3, 0.4) is 0 Å². The Balaban J connectivity index is 1.65. The molecule has 1 aromatic carbocycles. The number of hydrogen-bond donors (Lipinski definition) is 1. The van der Waals surface area contributed by atoms with E-state index in [0.717, 1.165) is 5.56 Å². The summed E-state index contributed by atoms with van der Waals surface area (Å²) in [6, 6.07) is 14.1. The number of nitrogens with one attached hydrogen (secondary N) is 1. The summed E-state index contributed by atoms with van der Waals surface area (Å²) < 4.78 is 10.9. The summed E-state index contributed by atoms with van der Waals surface area (Å²) in [7, 11) is 1.69. The molecule has 0 aliphatic carbocycles. The van der Waals surface area contributed by atoms with Crippen LogP contribution in [-0.2, 0) is 6.54 Å². The number of anilines is 1. The first-order chi connectivity index (χ1) is 15.5. The van der Waals surface area contributed by atoms with Gasteiger partial charge in [-0.3, -0.25) is 9.59 Å². The van der Waals surface area contributed by atoms with Crippen molar-refractivity contribution in [3.8, 4) is 11.8 Å². The predicted molar refractivity (Wildman–Crippen MR) is 121 cm³/mol. The Morgan fingerprint density at radius 3 is 2.03 bits per heavy atom. The third-order valence-corrected chi connectivity index (χ3v) is 4.66. The van der Waals surface area contributed by atoms with Gasteiger partial charge in [0.05, 0.1) is 13.2 Å². The van der Waals surface area contributed by atoms with Crippen LogP contribution in [0.4, 0.5) is 5.69 Å². The highest BCUT2D eigenvalue weighted by atomic mass is 16.5. The average molecular weight is 434 g/mol. The number of ether oxygens (including phenoxy) is 2. The summed E-state index contributed by atoms with van der Waals surface area (Å²) in [6.07, 6.45) is 3.18. The maximum Gasteiger partial charge on any atom is 0.263 e. The van der Waals surface area contributed by atoms with Crippen molar-refractivity contribution in [1.29, 1.82) is 0 Å². The maximum atomic E-state index is 12.9. The number of benzene rings is 1. The minimum Gasteiger partial charge on any atom is -0.477 e. The van der Waals surface area contributed by atoms with Gasteiger partial charge in [-0.15, -0.1) is 0 Å². The quantitative estimate of drug-likeness (QED) is 0.554. The van der Waals surface area contributed by atoms with Gasteiger partial charge < -0.3 is 19.7 Å². The lowest BCUT2D eigenvalue weighted by atomic mass is 10.1. The van der Waals surface area contributed by atoms with Crippen molar-refractivity contribution in [2.45, 2.75) is 20.4 Å². The van der Waals surface area contributed by atoms with E-state index in [1.54, 1.807) is 43.7 Å². The molecule has 8 nitrogen and oxygen atoms in total. The van der Waals surface area contributed by atoms with Gasteiger partial charge in [0, 0.05) is 31.7 Å². The van der Waals surface area contributed by atoms with E-state index in [2.05, 4.69) is 15.3 Å². The molecule has 0 atom stereocenters. The fourth-order valence-electron chi connectivity index (χ4n) is 3.03. The van der Waals surface area contributed by atoms with Gasteiger partial charge in [-0.2, -0.15) is 0 Å². The first-order valence-electron chi connectivity index (χ1n) is 10.4. The van der Waals surface area contributed by atoms with Crippen LogP contribution in [-0.4, -0.2) is 42.0 Å². The summed E-state index contributed by atoms with van der Waals surface area (Å²) in [4.78, 5) is 35.2. The predicted octanol–water partition coefficient (Wildman–Crippen LogP) is 3.48. The molecular formula is C24H26N4O4. The summed E-state index contributed by atoms with van der Waals surface area (Å²) >= 11 is 0. The Hall–Kier alpha value is -3.94. The topological polar surface area (TPSA) is 93.7 Å². The standard InChI is InChI=1S/C24H26N4O4/c1-4-31-22-19(8-6-14-25-22)21(29)27-16-17-10-12-18(13-11-17)28(3)24(30)20-9-7-15-26-23(20)32-5-2/h6-15H,4-5,16H2,1-3H3,(H,27,29). The van der Waals surface area contributed by atoms with E-state index in [4.69, 9.17) is 9.47 Å².